The molecule has 12 heteroatoms. The fraction of sp³-hybridized carbons (Fsp3) is 0.286. The zero-order chi connectivity index (χ0) is 24.4. The summed E-state index contributed by atoms with van der Waals surface area (Å²) in [6.45, 7) is -0.928. The van der Waals surface area contributed by atoms with E-state index >= 15 is 0 Å². The lowest BCUT2D eigenvalue weighted by Gasteiger charge is -2.15. The third-order valence-corrected chi connectivity index (χ3v) is 4.87. The van der Waals surface area contributed by atoms with Crippen LogP contribution in [0.4, 0.5) is 0 Å². The van der Waals surface area contributed by atoms with Crippen LogP contribution in [0.1, 0.15) is 11.3 Å². The van der Waals surface area contributed by atoms with E-state index in [1.54, 1.807) is 36.4 Å². The summed E-state index contributed by atoms with van der Waals surface area (Å²) in [6, 6.07) is 9.75. The maximum absolute atomic E-state index is 12.0. The van der Waals surface area contributed by atoms with Gasteiger partial charge in [0.05, 0.1) is 19.2 Å². The number of primary amides is 1. The van der Waals surface area contributed by atoms with Crippen molar-refractivity contribution in [2.75, 3.05) is 20.3 Å². The maximum Gasteiger partial charge on any atom is 0.345 e. The Kier molecular flexibility index (Phi) is 10.3. The van der Waals surface area contributed by atoms with Gasteiger partial charge in [0.25, 0.3) is 5.91 Å². The number of methoxy groups -OCH3 is 1. The van der Waals surface area contributed by atoms with Crippen molar-refractivity contribution in [3.63, 3.8) is 0 Å². The number of carbonyl (C=O) groups is 4. The van der Waals surface area contributed by atoms with Crippen molar-refractivity contribution in [1.82, 2.24) is 4.98 Å². The fourth-order valence-corrected chi connectivity index (χ4v) is 3.74. The Morgan fingerprint density at radius 1 is 1.00 bits per heavy atom. The van der Waals surface area contributed by atoms with E-state index in [0.29, 0.717) is 21.6 Å². The van der Waals surface area contributed by atoms with Crippen LogP contribution in [0.2, 0.25) is 0 Å². The summed E-state index contributed by atoms with van der Waals surface area (Å²) in [5.41, 5.74) is 6.39. The number of esters is 3. The van der Waals surface area contributed by atoms with Crippen molar-refractivity contribution < 1.29 is 38.1 Å². The minimum absolute atomic E-state index is 0.00227. The first-order valence-corrected chi connectivity index (χ1v) is 11.0. The molecule has 2 rings (SSSR count). The first kappa shape index (κ1) is 26.3. The number of rotatable bonds is 11. The lowest BCUT2D eigenvalue weighted by atomic mass is 10.1. The number of nitrogens with zero attached hydrogens (tertiary/aromatic N) is 1. The van der Waals surface area contributed by atoms with Crippen LogP contribution >= 0.6 is 31.9 Å². The largest absolute Gasteiger partial charge is 0.482 e. The lowest BCUT2D eigenvalue weighted by molar-refractivity contribution is -0.164. The van der Waals surface area contributed by atoms with Crippen LogP contribution in [0.15, 0.2) is 45.5 Å². The van der Waals surface area contributed by atoms with Gasteiger partial charge in [0.15, 0.2) is 19.3 Å². The zero-order valence-corrected chi connectivity index (χ0v) is 20.6. The second kappa shape index (κ2) is 12.9. The predicted molar refractivity (Wildman–Crippen MR) is 121 cm³/mol. The molecule has 1 aromatic heterocycles. The molecule has 1 heterocycles. The second-order valence-corrected chi connectivity index (χ2v) is 8.26. The Hall–Kier alpha value is -2.99. The number of hydrogen-bond donors (Lipinski definition) is 1. The van der Waals surface area contributed by atoms with Crippen LogP contribution in [0.25, 0.3) is 0 Å². The molecular weight excluding hydrogens is 568 g/mol. The van der Waals surface area contributed by atoms with Crippen LogP contribution in [-0.2, 0) is 46.2 Å². The van der Waals surface area contributed by atoms with Gasteiger partial charge in [-0.25, -0.2) is 14.6 Å². The second-order valence-electron chi connectivity index (χ2n) is 6.53. The number of amides is 1. The van der Waals surface area contributed by atoms with Crippen molar-refractivity contribution in [3.05, 3.63) is 56.7 Å². The molecule has 0 aliphatic rings. The Bertz CT molecular complexity index is 994. The van der Waals surface area contributed by atoms with Crippen LogP contribution in [0, 0.1) is 0 Å². The highest BCUT2D eigenvalue weighted by molar-refractivity contribution is 9.11. The highest BCUT2D eigenvalue weighted by Crippen LogP contribution is 2.17. The normalized spacial score (nSPS) is 11.2. The minimum atomic E-state index is -1.26. The van der Waals surface area contributed by atoms with E-state index in [1.807, 2.05) is 0 Å². The molecule has 0 fully saturated rings. The Morgan fingerprint density at radius 2 is 1.70 bits per heavy atom. The first-order valence-electron chi connectivity index (χ1n) is 9.41. The maximum atomic E-state index is 12.0. The molecule has 0 saturated carbocycles. The monoisotopic (exact) mass is 586 g/mol. The summed E-state index contributed by atoms with van der Waals surface area (Å²) in [4.78, 5) is 50.9. The molecule has 0 aliphatic heterocycles. The van der Waals surface area contributed by atoms with Crippen molar-refractivity contribution in [1.29, 1.82) is 0 Å². The molecule has 176 valence electrons. The number of halogens is 2. The van der Waals surface area contributed by atoms with E-state index in [1.165, 1.54) is 7.11 Å². The first-order chi connectivity index (χ1) is 15.7. The lowest BCUT2D eigenvalue weighted by Crippen LogP contribution is -2.36. The highest BCUT2D eigenvalue weighted by Gasteiger charge is 2.22. The van der Waals surface area contributed by atoms with Crippen LogP contribution in [-0.4, -0.2) is 55.2 Å². The Labute approximate surface area is 206 Å². The summed E-state index contributed by atoms with van der Waals surface area (Å²) in [5.74, 6) is -2.59. The third-order valence-electron chi connectivity index (χ3n) is 4.01. The standard InChI is InChI=1S/C21H20Br2N2O8/c1-30-19(27)10-31-15-4-2-12(3-5-15)6-16(21(24)29)33-20(28)11-32-18(26)9-14-7-13(22)8-17(23)25-14/h2-5,7-8,16H,6,9-11H2,1H3,(H2,24,29). The molecule has 0 spiro atoms. The van der Waals surface area contributed by atoms with Gasteiger partial charge in [-0.05, 0) is 45.8 Å². The molecule has 1 amide bonds. The molecule has 2 N–H and O–H groups in total. The van der Waals surface area contributed by atoms with Crippen LogP contribution in [0.3, 0.4) is 0 Å². The van der Waals surface area contributed by atoms with Gasteiger partial charge in [-0.2, -0.15) is 0 Å². The fourth-order valence-electron chi connectivity index (χ4n) is 2.48. The van der Waals surface area contributed by atoms with Crippen molar-refractivity contribution in [3.8, 4) is 5.75 Å². The van der Waals surface area contributed by atoms with E-state index < -0.39 is 36.5 Å². The van der Waals surface area contributed by atoms with E-state index in [0.717, 1.165) is 4.47 Å². The number of carbonyl (C=O) groups excluding carboxylic acids is 4. The van der Waals surface area contributed by atoms with Crippen LogP contribution in [0.5, 0.6) is 5.75 Å². The van der Waals surface area contributed by atoms with E-state index in [4.69, 9.17) is 19.9 Å². The molecule has 0 saturated heterocycles. The summed E-state index contributed by atoms with van der Waals surface area (Å²) >= 11 is 6.50. The number of hydrogen-bond acceptors (Lipinski definition) is 9. The molecule has 1 aromatic carbocycles. The predicted octanol–water partition coefficient (Wildman–Crippen LogP) is 1.88. The van der Waals surface area contributed by atoms with Crippen molar-refractivity contribution in [2.45, 2.75) is 18.9 Å². The van der Waals surface area contributed by atoms with Gasteiger partial charge in [-0.3, -0.25) is 9.59 Å². The van der Waals surface area contributed by atoms with E-state index in [2.05, 4.69) is 41.6 Å². The number of ether oxygens (including phenoxy) is 4. The summed E-state index contributed by atoms with van der Waals surface area (Å²) < 4.78 is 20.9. The van der Waals surface area contributed by atoms with Gasteiger partial charge < -0.3 is 24.7 Å². The van der Waals surface area contributed by atoms with Gasteiger partial charge in [0.1, 0.15) is 10.4 Å². The third kappa shape index (κ3) is 9.58. The Balaban J connectivity index is 1.84. The molecule has 0 bridgehead atoms. The average molecular weight is 588 g/mol. The number of benzene rings is 1. The van der Waals surface area contributed by atoms with Gasteiger partial charge >= 0.3 is 17.9 Å². The number of nitrogens with two attached hydrogens (primary N) is 1. The molecule has 33 heavy (non-hydrogen) atoms. The topological polar surface area (TPSA) is 144 Å². The van der Waals surface area contributed by atoms with E-state index in [9.17, 15) is 19.2 Å². The summed E-state index contributed by atoms with van der Waals surface area (Å²) in [6.07, 6.45) is -1.42. The summed E-state index contributed by atoms with van der Waals surface area (Å²) in [5, 5.41) is 0. The molecule has 0 aliphatic carbocycles. The molecule has 10 nitrogen and oxygen atoms in total. The molecule has 1 atom stereocenters. The van der Waals surface area contributed by atoms with Crippen molar-refractivity contribution in [2.24, 2.45) is 5.73 Å². The molecule has 1 unspecified atom stereocenters. The molecular formula is C21H20Br2N2O8. The Morgan fingerprint density at radius 3 is 2.30 bits per heavy atom. The molecule has 0 radical (unpaired) electrons. The van der Waals surface area contributed by atoms with E-state index in [-0.39, 0.29) is 19.4 Å². The molecule has 2 aromatic rings. The minimum Gasteiger partial charge on any atom is -0.482 e. The quantitative estimate of drug-likeness (QED) is 0.237. The average Bonchev–Trinajstić information content (AvgIpc) is 2.75. The summed E-state index contributed by atoms with van der Waals surface area (Å²) in [7, 11) is 1.25. The number of pyridine rings is 1. The van der Waals surface area contributed by atoms with Crippen molar-refractivity contribution >= 4 is 55.7 Å². The van der Waals surface area contributed by atoms with Gasteiger partial charge in [0, 0.05) is 10.9 Å². The van der Waals surface area contributed by atoms with Gasteiger partial charge in [0.2, 0.25) is 0 Å². The highest BCUT2D eigenvalue weighted by atomic mass is 79.9. The van der Waals surface area contributed by atoms with Crippen LogP contribution < -0.4 is 10.5 Å². The zero-order valence-electron chi connectivity index (χ0n) is 17.4. The SMILES string of the molecule is COC(=O)COc1ccc(CC(OC(=O)COC(=O)Cc2cc(Br)cc(Br)n2)C(N)=O)cc1. The smallest absolute Gasteiger partial charge is 0.345 e. The van der Waals surface area contributed by atoms with Gasteiger partial charge in [-0.15, -0.1) is 0 Å². The number of aromatic nitrogens is 1. The van der Waals surface area contributed by atoms with Gasteiger partial charge in [-0.1, -0.05) is 28.1 Å².